The zero-order valence-electron chi connectivity index (χ0n) is 31.9. The largest absolute Gasteiger partial charge is 1.00 e. The number of unbranched alkanes of at least 4 members (excludes halogenated alkanes) is 1. The van der Waals surface area contributed by atoms with E-state index in [1.807, 2.05) is 0 Å². The molecular weight excluding hydrogens is 817 g/mol. The summed E-state index contributed by atoms with van der Waals surface area (Å²) in [6.07, 6.45) is 3.06. The van der Waals surface area contributed by atoms with Crippen molar-refractivity contribution in [1.82, 2.24) is 0 Å². The second-order valence-electron chi connectivity index (χ2n) is 14.6. The summed E-state index contributed by atoms with van der Waals surface area (Å²) < 4.78 is 75.6. The van der Waals surface area contributed by atoms with Crippen LogP contribution in [0.2, 0.25) is 0 Å². The first-order valence-electron chi connectivity index (χ1n) is 17.5. The van der Waals surface area contributed by atoms with Crippen LogP contribution in [-0.2, 0) is 36.6 Å². The summed E-state index contributed by atoms with van der Waals surface area (Å²) in [5.41, 5.74) is 6.87. The van der Waals surface area contributed by atoms with E-state index in [9.17, 15) is 26.3 Å². The van der Waals surface area contributed by atoms with Gasteiger partial charge in [-0.1, -0.05) is 92.7 Å². The fourth-order valence-electron chi connectivity index (χ4n) is 5.94. The van der Waals surface area contributed by atoms with Crippen LogP contribution in [0.1, 0.15) is 91.5 Å². The third-order valence-electron chi connectivity index (χ3n) is 9.50. The Morgan fingerprint density at radius 3 is 1.39 bits per heavy atom. The van der Waals surface area contributed by atoms with Crippen LogP contribution in [0, 0.1) is 45.1 Å². The van der Waals surface area contributed by atoms with E-state index in [1.165, 1.54) is 92.9 Å². The van der Waals surface area contributed by atoms with E-state index >= 15 is 0 Å². The number of alkyl halides is 6. The Balaban J connectivity index is 0.000000284. The zero-order valence-corrected chi connectivity index (χ0v) is 35.9. The molecule has 6 rings (SSSR count). The fourth-order valence-corrected chi connectivity index (χ4v) is 6.75. The van der Waals surface area contributed by atoms with Gasteiger partial charge in [0.05, 0.1) is 0 Å². The maximum Gasteiger partial charge on any atom is -1.00 e. The Kier molecular flexibility index (Phi) is 16.9. The molecule has 1 aliphatic carbocycles. The third kappa shape index (κ3) is 12.3. The van der Waals surface area contributed by atoms with Crippen molar-refractivity contribution in [2.45, 2.75) is 87.0 Å². The Labute approximate surface area is 343 Å². The predicted octanol–water partition coefficient (Wildman–Crippen LogP) is 7.93. The predicted molar refractivity (Wildman–Crippen MR) is 200 cm³/mol. The number of hydrogen-bond donors (Lipinski definition) is 0. The first-order chi connectivity index (χ1) is 24.2. The molecule has 0 fully saturated rings. The molecule has 1 atom stereocenters. The fraction of sp³-hybridized carbons (Fsp3) is 0.333. The quantitative estimate of drug-likeness (QED) is 0.125. The summed E-state index contributed by atoms with van der Waals surface area (Å²) in [4.78, 5) is 0. The second kappa shape index (κ2) is 19.3. The molecule has 0 heterocycles. The van der Waals surface area contributed by atoms with Crippen molar-refractivity contribution < 1.29 is 75.4 Å². The van der Waals surface area contributed by atoms with Crippen molar-refractivity contribution >= 4 is 24.8 Å². The molecule has 0 aromatic heterocycles. The minimum Gasteiger partial charge on any atom is -1.00 e. The monoisotopic (exact) mass is 860 g/mol. The van der Waals surface area contributed by atoms with Crippen LogP contribution in [0.4, 0.5) is 26.3 Å². The summed E-state index contributed by atoms with van der Waals surface area (Å²) in [6.45, 7) is 17.8. The Bertz CT molecular complexity index is 1950. The van der Waals surface area contributed by atoms with Crippen LogP contribution in [-0.4, -0.2) is 3.21 Å². The van der Waals surface area contributed by atoms with Crippen molar-refractivity contribution in [2.75, 3.05) is 0 Å². The van der Waals surface area contributed by atoms with E-state index in [-0.39, 0.29) is 24.8 Å². The molecular formula is C45H46Cl2F6Zr-2. The van der Waals surface area contributed by atoms with Crippen molar-refractivity contribution in [3.8, 4) is 0 Å². The number of benzene rings is 4. The molecule has 0 saturated carbocycles. The van der Waals surface area contributed by atoms with Crippen LogP contribution < -0.4 is 24.8 Å². The van der Waals surface area contributed by atoms with Crippen molar-refractivity contribution in [1.29, 1.82) is 0 Å². The van der Waals surface area contributed by atoms with E-state index in [4.69, 9.17) is 0 Å². The molecule has 0 amide bonds. The third-order valence-corrected chi connectivity index (χ3v) is 10.9. The second-order valence-corrected chi connectivity index (χ2v) is 15.9. The molecule has 0 nitrogen and oxygen atoms in total. The average Bonchev–Trinajstić information content (AvgIpc) is 3.69. The van der Waals surface area contributed by atoms with Crippen LogP contribution in [0.25, 0.3) is 21.5 Å². The molecule has 0 N–H and O–H groups in total. The van der Waals surface area contributed by atoms with Gasteiger partial charge in [0.1, 0.15) is 0 Å². The molecule has 9 heteroatoms. The van der Waals surface area contributed by atoms with Crippen molar-refractivity contribution in [3.63, 3.8) is 0 Å². The van der Waals surface area contributed by atoms with Gasteiger partial charge in [-0.05, 0) is 27.7 Å². The average molecular weight is 863 g/mol. The molecule has 1 unspecified atom stereocenters. The smallest absolute Gasteiger partial charge is 1.00 e. The van der Waals surface area contributed by atoms with Crippen LogP contribution in [0.15, 0.2) is 96.6 Å². The SMILES string of the molecule is CCCCC1[C-]=CC(C(C)(C)C)=C1.Cc1cc2[cH-]c3cc(C)c(C)cc3c2cc1C.FC(F)(F)c1ccc([C](=[Zr+2])c2ccc(C(F)(F)F)cc2)cc1.[Cl-].[Cl-]. The molecule has 5 aromatic rings. The van der Waals surface area contributed by atoms with Gasteiger partial charge in [-0.25, -0.2) is 6.08 Å². The zero-order chi connectivity index (χ0) is 38.6. The maximum absolute atomic E-state index is 12.5. The van der Waals surface area contributed by atoms with E-state index in [1.54, 1.807) is 0 Å². The molecule has 0 saturated heterocycles. The van der Waals surface area contributed by atoms with E-state index in [0.717, 1.165) is 48.5 Å². The van der Waals surface area contributed by atoms with E-state index in [2.05, 4.69) is 104 Å². The van der Waals surface area contributed by atoms with Gasteiger partial charge in [-0.3, -0.25) is 6.08 Å². The van der Waals surface area contributed by atoms with Crippen LogP contribution >= 0.6 is 0 Å². The molecule has 1 aliphatic rings. The van der Waals surface area contributed by atoms with Gasteiger partial charge in [0.2, 0.25) is 0 Å². The van der Waals surface area contributed by atoms with Gasteiger partial charge in [0, 0.05) is 0 Å². The Hall–Kier alpha value is -2.86. The number of rotatable bonds is 5. The van der Waals surface area contributed by atoms with Crippen molar-refractivity contribution in [3.05, 3.63) is 147 Å². The summed E-state index contributed by atoms with van der Waals surface area (Å²) >= 11 is 0.898. The number of hydrogen-bond acceptors (Lipinski definition) is 0. The number of halogens is 8. The molecule has 5 aromatic carbocycles. The molecule has 0 bridgehead atoms. The first kappa shape index (κ1) is 47.3. The molecule has 288 valence electrons. The van der Waals surface area contributed by atoms with E-state index < -0.39 is 23.5 Å². The minimum atomic E-state index is -4.41. The normalized spacial score (nSPS) is 14.0. The van der Waals surface area contributed by atoms with Crippen LogP contribution in [0.5, 0.6) is 0 Å². The first-order valence-corrected chi connectivity index (χ1v) is 18.7. The maximum atomic E-state index is 12.5. The number of allylic oxidation sites excluding steroid dienone is 4. The van der Waals surface area contributed by atoms with Gasteiger partial charge >= 0.3 is 137 Å². The van der Waals surface area contributed by atoms with Crippen molar-refractivity contribution in [2.24, 2.45) is 11.3 Å². The standard InChI is InChI=1S/C17H17.C15H8F6.C13H21.2ClH.Zr/c1-10-5-14-9-15-6-11(2)13(4)8-17(15)16(14)7-12(10)3;16-14(17,18)12-5-1-10(2-6-12)9-11-3-7-13(8-4-11)15(19,20)21;1-5-6-7-11-8-9-12(10-11)13(2,3)4;;;/h5-9H,1-4H3;1-8H;9-11H,5-7H2,1-4H3;2*1H;/q-1;;-1;;;+2/p-2. The summed E-state index contributed by atoms with van der Waals surface area (Å²) in [5.74, 6) is 0.592. The van der Waals surface area contributed by atoms with Gasteiger partial charge in [-0.15, -0.1) is 39.7 Å². The van der Waals surface area contributed by atoms with Gasteiger partial charge in [-0.2, -0.15) is 11.6 Å². The summed E-state index contributed by atoms with van der Waals surface area (Å²) in [5, 5.41) is 5.53. The minimum absolute atomic E-state index is 0. The molecule has 0 spiro atoms. The van der Waals surface area contributed by atoms with Crippen LogP contribution in [0.3, 0.4) is 0 Å². The molecule has 0 aliphatic heterocycles. The summed E-state index contributed by atoms with van der Waals surface area (Å²) in [6, 6.07) is 20.7. The molecule has 54 heavy (non-hydrogen) atoms. The topological polar surface area (TPSA) is 0 Å². The Morgan fingerprint density at radius 1 is 0.667 bits per heavy atom. The number of aryl methyl sites for hydroxylation is 4. The van der Waals surface area contributed by atoms with Gasteiger partial charge < -0.3 is 24.8 Å². The summed E-state index contributed by atoms with van der Waals surface area (Å²) in [7, 11) is 0. The van der Waals surface area contributed by atoms with E-state index in [0.29, 0.717) is 25.7 Å². The van der Waals surface area contributed by atoms with Gasteiger partial charge in [0.15, 0.2) is 0 Å². The Morgan fingerprint density at radius 2 is 1.06 bits per heavy atom. The molecule has 0 radical (unpaired) electrons. The number of fused-ring (bicyclic) bond motifs is 3. The van der Waals surface area contributed by atoms with Gasteiger partial charge in [0.25, 0.3) is 0 Å².